The predicted octanol–water partition coefficient (Wildman–Crippen LogP) is 3.90. The molecule has 3 nitrogen and oxygen atoms in total. The average Bonchev–Trinajstić information content (AvgIpc) is 2.46. The van der Waals surface area contributed by atoms with E-state index < -0.39 is 0 Å². The number of nitriles is 1. The summed E-state index contributed by atoms with van der Waals surface area (Å²) in [5, 5.41) is 12.4. The molecule has 1 heterocycles. The minimum absolute atomic E-state index is 0.0300. The molecule has 2 aromatic rings. The molecule has 0 bridgehead atoms. The second kappa shape index (κ2) is 6.16. The van der Waals surface area contributed by atoms with Crippen LogP contribution in [0.3, 0.4) is 0 Å². The van der Waals surface area contributed by atoms with E-state index in [0.29, 0.717) is 11.4 Å². The quantitative estimate of drug-likeness (QED) is 0.915. The Kier molecular flexibility index (Phi) is 4.31. The number of nitrogens with one attached hydrogen (secondary N) is 1. The van der Waals surface area contributed by atoms with E-state index >= 15 is 0 Å². The molecule has 0 saturated heterocycles. The van der Waals surface area contributed by atoms with E-state index in [4.69, 9.17) is 5.26 Å². The Bertz CT molecular complexity index is 614. The highest BCUT2D eigenvalue weighted by Gasteiger charge is 2.17. The molecule has 1 atom stereocenters. The topological polar surface area (TPSA) is 48.7 Å². The second-order valence-corrected chi connectivity index (χ2v) is 4.93. The molecule has 0 amide bonds. The molecule has 2 rings (SSSR count). The van der Waals surface area contributed by atoms with Crippen molar-refractivity contribution in [2.75, 3.05) is 5.32 Å². The number of nitrogens with zero attached hydrogens (tertiary/aromatic N) is 2. The number of hydrogen-bond donors (Lipinski definition) is 1. The van der Waals surface area contributed by atoms with Crippen LogP contribution in [-0.2, 0) is 0 Å². The predicted molar refractivity (Wildman–Crippen MR) is 76.6 cm³/mol. The van der Waals surface area contributed by atoms with Crippen molar-refractivity contribution < 1.29 is 4.39 Å². The van der Waals surface area contributed by atoms with Crippen molar-refractivity contribution in [3.05, 3.63) is 59.5 Å². The summed E-state index contributed by atoms with van der Waals surface area (Å²) in [6.07, 6.45) is 1.64. The minimum Gasteiger partial charge on any atom is -0.362 e. The van der Waals surface area contributed by atoms with Crippen LogP contribution in [0.5, 0.6) is 0 Å². The van der Waals surface area contributed by atoms with Gasteiger partial charge in [-0.2, -0.15) is 5.26 Å². The maximum absolute atomic E-state index is 13.0. The Hall–Kier alpha value is -2.41. The Labute approximate surface area is 118 Å². The lowest BCUT2D eigenvalue weighted by Crippen LogP contribution is -2.18. The Morgan fingerprint density at radius 2 is 1.90 bits per heavy atom. The van der Waals surface area contributed by atoms with Gasteiger partial charge in [0.1, 0.15) is 17.7 Å². The van der Waals surface area contributed by atoms with Crippen LogP contribution in [0.4, 0.5) is 10.2 Å². The molecule has 20 heavy (non-hydrogen) atoms. The monoisotopic (exact) mass is 269 g/mol. The van der Waals surface area contributed by atoms with E-state index in [1.165, 1.54) is 12.1 Å². The van der Waals surface area contributed by atoms with Gasteiger partial charge in [-0.25, -0.2) is 9.37 Å². The SMILES string of the molecule is CC(C)[C@@H](Nc1ncccc1C#N)c1ccc(F)cc1. The largest absolute Gasteiger partial charge is 0.362 e. The van der Waals surface area contributed by atoms with Crippen LogP contribution in [0.2, 0.25) is 0 Å². The maximum Gasteiger partial charge on any atom is 0.144 e. The molecule has 4 heteroatoms. The van der Waals surface area contributed by atoms with Gasteiger partial charge in [0.05, 0.1) is 11.6 Å². The van der Waals surface area contributed by atoms with Gasteiger partial charge < -0.3 is 5.32 Å². The first kappa shape index (κ1) is 14.0. The van der Waals surface area contributed by atoms with Crippen LogP contribution < -0.4 is 5.32 Å². The fraction of sp³-hybridized carbons (Fsp3) is 0.250. The van der Waals surface area contributed by atoms with E-state index in [1.54, 1.807) is 30.5 Å². The minimum atomic E-state index is -0.258. The fourth-order valence-corrected chi connectivity index (χ4v) is 2.06. The van der Waals surface area contributed by atoms with Gasteiger partial charge in [-0.1, -0.05) is 26.0 Å². The van der Waals surface area contributed by atoms with Gasteiger partial charge >= 0.3 is 0 Å². The van der Waals surface area contributed by atoms with Gasteiger partial charge in [0, 0.05) is 6.20 Å². The molecular formula is C16H16FN3. The van der Waals surface area contributed by atoms with Crippen molar-refractivity contribution in [1.82, 2.24) is 4.98 Å². The first-order valence-corrected chi connectivity index (χ1v) is 6.49. The van der Waals surface area contributed by atoms with Crippen LogP contribution in [0.15, 0.2) is 42.6 Å². The molecule has 0 spiro atoms. The van der Waals surface area contributed by atoms with Crippen molar-refractivity contribution in [2.24, 2.45) is 5.92 Å². The normalized spacial score (nSPS) is 11.9. The number of rotatable bonds is 4. The zero-order valence-electron chi connectivity index (χ0n) is 11.5. The molecule has 0 saturated carbocycles. The lowest BCUT2D eigenvalue weighted by Gasteiger charge is -2.24. The number of anilines is 1. The summed E-state index contributed by atoms with van der Waals surface area (Å²) in [6, 6.07) is 11.9. The van der Waals surface area contributed by atoms with E-state index in [1.807, 2.05) is 0 Å². The first-order chi connectivity index (χ1) is 9.61. The van der Waals surface area contributed by atoms with E-state index in [0.717, 1.165) is 5.56 Å². The van der Waals surface area contributed by atoms with Gasteiger partial charge in [-0.05, 0) is 35.7 Å². The third kappa shape index (κ3) is 3.12. The summed E-state index contributed by atoms with van der Waals surface area (Å²) < 4.78 is 13.0. The Balaban J connectivity index is 2.31. The molecule has 102 valence electrons. The third-order valence-corrected chi connectivity index (χ3v) is 3.12. The van der Waals surface area contributed by atoms with Gasteiger partial charge in [0.15, 0.2) is 0 Å². The van der Waals surface area contributed by atoms with Crippen LogP contribution >= 0.6 is 0 Å². The summed E-state index contributed by atoms with van der Waals surface area (Å²) in [5.41, 5.74) is 1.47. The average molecular weight is 269 g/mol. The highest BCUT2D eigenvalue weighted by Crippen LogP contribution is 2.27. The Morgan fingerprint density at radius 3 is 2.50 bits per heavy atom. The molecule has 0 radical (unpaired) electrons. The third-order valence-electron chi connectivity index (χ3n) is 3.12. The number of benzene rings is 1. The summed E-state index contributed by atoms with van der Waals surface area (Å²) in [5.74, 6) is 0.568. The molecular weight excluding hydrogens is 253 g/mol. The number of aromatic nitrogens is 1. The van der Waals surface area contributed by atoms with Crippen molar-refractivity contribution >= 4 is 5.82 Å². The van der Waals surface area contributed by atoms with E-state index in [-0.39, 0.29) is 17.8 Å². The molecule has 1 aromatic carbocycles. The van der Waals surface area contributed by atoms with Gasteiger partial charge in [-0.3, -0.25) is 0 Å². The van der Waals surface area contributed by atoms with Crippen LogP contribution in [0.1, 0.15) is 31.0 Å². The summed E-state index contributed by atoms with van der Waals surface area (Å²) in [6.45, 7) is 4.13. The smallest absolute Gasteiger partial charge is 0.144 e. The van der Waals surface area contributed by atoms with Crippen molar-refractivity contribution in [3.8, 4) is 6.07 Å². The molecule has 0 fully saturated rings. The standard InChI is InChI=1S/C16H16FN3/c1-11(2)15(12-5-7-14(17)8-6-12)20-16-13(10-18)4-3-9-19-16/h3-9,11,15H,1-2H3,(H,19,20)/t15-/m1/s1. The first-order valence-electron chi connectivity index (χ1n) is 6.49. The number of hydrogen-bond acceptors (Lipinski definition) is 3. The number of halogens is 1. The summed E-state index contributed by atoms with van der Waals surface area (Å²) >= 11 is 0. The molecule has 1 N–H and O–H groups in total. The highest BCUT2D eigenvalue weighted by atomic mass is 19.1. The van der Waals surface area contributed by atoms with E-state index in [9.17, 15) is 4.39 Å². The van der Waals surface area contributed by atoms with Gasteiger partial charge in [-0.15, -0.1) is 0 Å². The van der Waals surface area contributed by atoms with Crippen molar-refractivity contribution in [2.45, 2.75) is 19.9 Å². The lowest BCUT2D eigenvalue weighted by atomic mass is 9.96. The molecule has 1 aromatic heterocycles. The summed E-state index contributed by atoms with van der Waals surface area (Å²) in [7, 11) is 0. The fourth-order valence-electron chi connectivity index (χ4n) is 2.06. The van der Waals surface area contributed by atoms with Gasteiger partial charge in [0.2, 0.25) is 0 Å². The second-order valence-electron chi connectivity index (χ2n) is 4.93. The molecule has 0 aliphatic carbocycles. The maximum atomic E-state index is 13.0. The summed E-state index contributed by atoms with van der Waals surface area (Å²) in [4.78, 5) is 4.21. The van der Waals surface area contributed by atoms with Crippen molar-refractivity contribution in [3.63, 3.8) is 0 Å². The highest BCUT2D eigenvalue weighted by molar-refractivity contribution is 5.52. The lowest BCUT2D eigenvalue weighted by molar-refractivity contribution is 0.542. The van der Waals surface area contributed by atoms with Crippen LogP contribution in [-0.4, -0.2) is 4.98 Å². The van der Waals surface area contributed by atoms with E-state index in [2.05, 4.69) is 30.2 Å². The molecule has 0 unspecified atom stereocenters. The van der Waals surface area contributed by atoms with Crippen LogP contribution in [0.25, 0.3) is 0 Å². The van der Waals surface area contributed by atoms with Crippen molar-refractivity contribution in [1.29, 1.82) is 5.26 Å². The zero-order chi connectivity index (χ0) is 14.5. The molecule has 0 aliphatic rings. The van der Waals surface area contributed by atoms with Crippen LogP contribution in [0, 0.1) is 23.1 Å². The zero-order valence-corrected chi connectivity index (χ0v) is 11.5. The number of pyridine rings is 1. The molecule has 0 aliphatic heterocycles. The van der Waals surface area contributed by atoms with Gasteiger partial charge in [0.25, 0.3) is 0 Å². The Morgan fingerprint density at radius 1 is 1.20 bits per heavy atom.